The Hall–Kier alpha value is -6.09. The number of hydrogen-bond acceptors (Lipinski definition) is 10. The smallest absolute Gasteiger partial charge is 0.497 e. The number of aryl methyl sites for hydroxylation is 1. The van der Waals surface area contributed by atoms with Crippen LogP contribution in [-0.4, -0.2) is 147 Å². The standard InChI is InChI=1S/C50H62BF2N5O11S/c1-58(2,3)28-9-11-37-31-43(35-15-20-40(67-4)21-16-35)56-45(37)33-46-38(32-44(57(46)51(56,52)53)36-17-22-41(68-5)23-18-36)19-24-48(61)54-42(34-70(64,65)66)47(60)14-8-6-7-12-39(59)13-10-29-69-30-27-55-49(62)25-26-50(55)63/h15-18,20-23,25-26,31-33,42H,6-14,19,24,27-30,34H2,1-5H3,(H-,54,61,64,65,66)/p+1. The van der Waals surface area contributed by atoms with E-state index in [1.807, 2.05) is 6.07 Å². The van der Waals surface area contributed by atoms with Crippen LogP contribution < -0.4 is 14.8 Å². The van der Waals surface area contributed by atoms with Gasteiger partial charge in [0.2, 0.25) is 5.91 Å². The van der Waals surface area contributed by atoms with Gasteiger partial charge in [-0.1, -0.05) is 6.42 Å². The number of ether oxygens (including phenoxy) is 3. The van der Waals surface area contributed by atoms with E-state index in [4.69, 9.17) is 14.2 Å². The van der Waals surface area contributed by atoms with Crippen molar-refractivity contribution in [3.8, 4) is 22.8 Å². The van der Waals surface area contributed by atoms with Crippen LogP contribution in [0, 0.1) is 0 Å². The molecule has 4 heterocycles. The van der Waals surface area contributed by atoms with E-state index in [0.717, 1.165) is 32.4 Å². The third-order valence-corrected chi connectivity index (χ3v) is 13.2. The summed E-state index contributed by atoms with van der Waals surface area (Å²) in [5, 5.41) is 2.48. The van der Waals surface area contributed by atoms with E-state index in [-0.39, 0.29) is 69.1 Å². The number of halogens is 2. The van der Waals surface area contributed by atoms with Crippen LogP contribution in [0.1, 0.15) is 81.0 Å². The summed E-state index contributed by atoms with van der Waals surface area (Å²) < 4.78 is 88.3. The number of ketones is 2. The number of imide groups is 1. The zero-order chi connectivity index (χ0) is 50.8. The zero-order valence-electron chi connectivity index (χ0n) is 40.5. The number of nitrogens with zero attached hydrogens (tertiary/aromatic N) is 4. The maximum absolute atomic E-state index is 17.7. The molecule has 1 atom stereocenters. The first-order valence-corrected chi connectivity index (χ1v) is 25.1. The highest BCUT2D eigenvalue weighted by Crippen LogP contribution is 2.42. The minimum atomic E-state index is -4.71. The molecular weight excluding hydrogens is 927 g/mol. The SMILES string of the molecule is COc1ccc(C2=[N+]3C(=Cc4c(CCC[N+](C)(C)C)cc(-c5ccc(OC)cc5)n4[B-]3(F)F)C(CCC(=O)NC(CS(=O)(=O)O)C(=O)CCCCCC(=O)CCCOCCN3C(=O)C=CC3=O)=C2)cc1. The molecule has 0 bridgehead atoms. The van der Waals surface area contributed by atoms with Crippen molar-refractivity contribution in [1.82, 2.24) is 14.7 Å². The van der Waals surface area contributed by atoms with Crippen molar-refractivity contribution in [2.45, 2.75) is 76.7 Å². The molecule has 2 N–H and O–H groups in total. The lowest BCUT2D eigenvalue weighted by Gasteiger charge is -2.32. The van der Waals surface area contributed by atoms with Gasteiger partial charge >= 0.3 is 6.97 Å². The van der Waals surface area contributed by atoms with E-state index in [1.165, 1.54) is 26.4 Å². The number of Topliss-reactive ketones (excluding diaryl/α,β-unsaturated/α-hetero) is 2. The number of amides is 3. The van der Waals surface area contributed by atoms with Crippen LogP contribution in [0.5, 0.6) is 11.5 Å². The monoisotopic (exact) mass is 990 g/mol. The number of carbonyl (C=O) groups is 5. The molecular formula is C50H63BF2N5O11S+. The number of hydrogen-bond donors (Lipinski definition) is 2. The molecule has 3 aliphatic heterocycles. The lowest BCUT2D eigenvalue weighted by Crippen LogP contribution is -2.51. The van der Waals surface area contributed by atoms with E-state index in [2.05, 4.69) is 26.5 Å². The van der Waals surface area contributed by atoms with Gasteiger partial charge in [-0.15, -0.1) is 0 Å². The number of rotatable bonds is 28. The predicted molar refractivity (Wildman–Crippen MR) is 261 cm³/mol. The first-order valence-electron chi connectivity index (χ1n) is 23.5. The number of allylic oxidation sites excluding steroid dienone is 2. The van der Waals surface area contributed by atoms with Gasteiger partial charge in [-0.3, -0.25) is 33.4 Å². The number of nitrogens with one attached hydrogen (secondary N) is 1. The van der Waals surface area contributed by atoms with Crippen molar-refractivity contribution in [3.05, 3.63) is 101 Å². The quantitative estimate of drug-likeness (QED) is 0.0294. The fourth-order valence-electron chi connectivity index (χ4n) is 8.86. The van der Waals surface area contributed by atoms with Crippen molar-refractivity contribution >= 4 is 58.2 Å². The Bertz CT molecular complexity index is 2670. The molecule has 0 aliphatic carbocycles. The fraction of sp³-hybridized carbons (Fsp3) is 0.440. The molecule has 376 valence electrons. The van der Waals surface area contributed by atoms with E-state index < -0.39 is 52.4 Å². The third-order valence-electron chi connectivity index (χ3n) is 12.5. The average molecular weight is 991 g/mol. The third kappa shape index (κ3) is 13.8. The molecule has 16 nitrogen and oxygen atoms in total. The molecule has 2 aromatic carbocycles. The number of carbonyl (C=O) groups excluding carboxylic acids is 5. The van der Waals surface area contributed by atoms with Crippen molar-refractivity contribution < 1.29 is 68.8 Å². The summed E-state index contributed by atoms with van der Waals surface area (Å²) in [5.41, 5.74) is 3.34. The number of benzene rings is 2. The molecule has 20 heteroatoms. The number of fused-ring (bicyclic) bond motifs is 2. The van der Waals surface area contributed by atoms with Crippen LogP contribution >= 0.6 is 0 Å². The highest BCUT2D eigenvalue weighted by atomic mass is 32.2. The molecule has 3 aromatic rings. The minimum Gasteiger partial charge on any atom is -0.497 e. The summed E-state index contributed by atoms with van der Waals surface area (Å²) in [5.74, 6) is -2.05. The van der Waals surface area contributed by atoms with E-state index in [0.29, 0.717) is 76.2 Å². The van der Waals surface area contributed by atoms with Crippen LogP contribution in [-0.2, 0) is 45.2 Å². The van der Waals surface area contributed by atoms with E-state index in [1.54, 1.807) is 60.7 Å². The molecule has 0 radical (unpaired) electrons. The Labute approximate surface area is 408 Å². The van der Waals surface area contributed by atoms with Gasteiger partial charge in [0, 0.05) is 85.5 Å². The second kappa shape index (κ2) is 23.2. The van der Waals surface area contributed by atoms with Crippen molar-refractivity contribution in [2.24, 2.45) is 0 Å². The number of aromatic nitrogens is 1. The van der Waals surface area contributed by atoms with Crippen LogP contribution in [0.15, 0.2) is 84.1 Å². The Kier molecular flexibility index (Phi) is 17.7. The molecule has 1 unspecified atom stereocenters. The summed E-state index contributed by atoms with van der Waals surface area (Å²) >= 11 is 0. The highest BCUT2D eigenvalue weighted by Gasteiger charge is 2.55. The van der Waals surface area contributed by atoms with Crippen LogP contribution in [0.4, 0.5) is 8.63 Å². The lowest BCUT2D eigenvalue weighted by molar-refractivity contribution is -0.870. The maximum Gasteiger partial charge on any atom is 0.737 e. The van der Waals surface area contributed by atoms with Gasteiger partial charge in [-0.05, 0) is 97.8 Å². The fourth-order valence-corrected chi connectivity index (χ4v) is 9.55. The van der Waals surface area contributed by atoms with Gasteiger partial charge in [-0.25, -0.2) is 0 Å². The molecule has 0 saturated carbocycles. The summed E-state index contributed by atoms with van der Waals surface area (Å²) in [6, 6.07) is 13.9. The molecule has 6 rings (SSSR count). The van der Waals surface area contributed by atoms with E-state index >= 15 is 8.63 Å². The molecule has 0 saturated heterocycles. The predicted octanol–water partition coefficient (Wildman–Crippen LogP) is 5.79. The molecule has 3 amide bonds. The van der Waals surface area contributed by atoms with Gasteiger partial charge in [0.1, 0.15) is 29.1 Å². The maximum atomic E-state index is 17.7. The molecule has 1 aromatic heterocycles. The Morgan fingerprint density at radius 1 is 0.800 bits per heavy atom. The van der Waals surface area contributed by atoms with Gasteiger partial charge in [-0.2, -0.15) is 8.42 Å². The Morgan fingerprint density at radius 2 is 1.41 bits per heavy atom. The normalized spacial score (nSPS) is 15.7. The molecule has 70 heavy (non-hydrogen) atoms. The number of quaternary nitrogens is 1. The van der Waals surface area contributed by atoms with Gasteiger partial charge in [0.05, 0.1) is 55.1 Å². The summed E-state index contributed by atoms with van der Waals surface area (Å²) in [6.45, 7) is -3.20. The molecule has 0 spiro atoms. The minimum absolute atomic E-state index is 0.00767. The topological polar surface area (TPSA) is 191 Å². The highest BCUT2D eigenvalue weighted by molar-refractivity contribution is 7.85. The molecule has 3 aliphatic rings. The van der Waals surface area contributed by atoms with Crippen molar-refractivity contribution in [1.29, 1.82) is 0 Å². The first-order chi connectivity index (χ1) is 33.2. The van der Waals surface area contributed by atoms with Crippen molar-refractivity contribution in [2.75, 3.05) is 67.4 Å². The zero-order valence-corrected chi connectivity index (χ0v) is 41.3. The van der Waals surface area contributed by atoms with Crippen LogP contribution in [0.2, 0.25) is 0 Å². The Morgan fingerprint density at radius 3 is 2.03 bits per heavy atom. The summed E-state index contributed by atoms with van der Waals surface area (Å²) in [6.07, 6.45) is 8.77. The van der Waals surface area contributed by atoms with Crippen LogP contribution in [0.25, 0.3) is 17.3 Å². The number of unbranched alkanes of at least 4 members (excludes halogenated alkanes) is 2. The van der Waals surface area contributed by atoms with Gasteiger partial charge < -0.3 is 41.6 Å². The number of methoxy groups -OCH3 is 2. The second-order valence-corrected chi connectivity index (χ2v) is 20.2. The summed E-state index contributed by atoms with van der Waals surface area (Å²) in [7, 11) is 4.55. The largest absolute Gasteiger partial charge is 0.737 e. The average Bonchev–Trinajstić information content (AvgIpc) is 3.98. The van der Waals surface area contributed by atoms with Gasteiger partial charge in [0.25, 0.3) is 21.9 Å². The summed E-state index contributed by atoms with van der Waals surface area (Å²) in [4.78, 5) is 63.6. The van der Waals surface area contributed by atoms with Crippen molar-refractivity contribution in [3.63, 3.8) is 0 Å². The lowest BCUT2D eigenvalue weighted by atomic mass is 9.87. The Balaban J connectivity index is 1.12. The second-order valence-electron chi connectivity index (χ2n) is 18.7. The van der Waals surface area contributed by atoms with Gasteiger partial charge in [0.15, 0.2) is 17.2 Å². The first kappa shape index (κ1) is 53.3. The van der Waals surface area contributed by atoms with Crippen LogP contribution in [0.3, 0.4) is 0 Å². The molecule has 0 fully saturated rings. The van der Waals surface area contributed by atoms with E-state index in [9.17, 15) is 36.9 Å².